The third-order valence-electron chi connectivity index (χ3n) is 3.00. The van der Waals surface area contributed by atoms with Crippen molar-refractivity contribution in [3.8, 4) is 0 Å². The summed E-state index contributed by atoms with van der Waals surface area (Å²) in [5, 5.41) is 3.17. The second kappa shape index (κ2) is 4.01. The third-order valence-corrected chi connectivity index (χ3v) is 3.47. The first-order valence-corrected chi connectivity index (χ1v) is 6.23. The van der Waals surface area contributed by atoms with Crippen LogP contribution >= 0.6 is 23.2 Å². The predicted molar refractivity (Wildman–Crippen MR) is 75.8 cm³/mol. The monoisotopic (exact) mass is 277 g/mol. The van der Waals surface area contributed by atoms with Crippen LogP contribution in [0.5, 0.6) is 0 Å². The second-order valence-corrected chi connectivity index (χ2v) is 5.05. The van der Waals surface area contributed by atoms with Gasteiger partial charge in [0.05, 0.1) is 11.0 Å². The van der Waals surface area contributed by atoms with Gasteiger partial charge in [-0.3, -0.25) is 9.36 Å². The summed E-state index contributed by atoms with van der Waals surface area (Å²) in [6.45, 7) is 1.54. The van der Waals surface area contributed by atoms with Gasteiger partial charge in [0.25, 0.3) is 0 Å². The SMILES string of the molecule is CC(=O)n1c2ccc(Cl)cc2c2cc(Cl)ccc21. The number of hydrogen-bond acceptors (Lipinski definition) is 1. The summed E-state index contributed by atoms with van der Waals surface area (Å²) in [7, 11) is 0. The molecule has 0 fully saturated rings. The molecule has 90 valence electrons. The molecule has 0 unspecified atom stereocenters. The fourth-order valence-electron chi connectivity index (χ4n) is 2.31. The Morgan fingerprint density at radius 1 is 0.944 bits per heavy atom. The van der Waals surface area contributed by atoms with E-state index < -0.39 is 0 Å². The molecule has 1 heterocycles. The van der Waals surface area contributed by atoms with E-state index in [1.54, 1.807) is 23.6 Å². The molecule has 3 rings (SSSR count). The molecule has 2 nitrogen and oxygen atoms in total. The van der Waals surface area contributed by atoms with Crippen LogP contribution in [-0.2, 0) is 0 Å². The first-order chi connectivity index (χ1) is 8.58. The van der Waals surface area contributed by atoms with E-state index in [1.165, 1.54) is 0 Å². The number of carbonyl (C=O) groups excluding carboxylic acids is 1. The van der Waals surface area contributed by atoms with Crippen LogP contribution in [-0.4, -0.2) is 10.5 Å². The lowest BCUT2D eigenvalue weighted by Crippen LogP contribution is -2.04. The Kier molecular flexibility index (Phi) is 2.58. The maximum Gasteiger partial charge on any atom is 0.228 e. The van der Waals surface area contributed by atoms with Crippen molar-refractivity contribution in [1.29, 1.82) is 0 Å². The molecule has 0 amide bonds. The van der Waals surface area contributed by atoms with Crippen LogP contribution in [0.4, 0.5) is 0 Å². The molecule has 0 saturated heterocycles. The lowest BCUT2D eigenvalue weighted by molar-refractivity contribution is 0.0946. The summed E-state index contributed by atoms with van der Waals surface area (Å²) in [4.78, 5) is 11.8. The normalized spacial score (nSPS) is 11.3. The summed E-state index contributed by atoms with van der Waals surface area (Å²) in [5.74, 6) is -0.0281. The number of nitrogens with zero attached hydrogens (tertiary/aromatic N) is 1. The number of benzene rings is 2. The molecular formula is C14H9Cl2NO. The molecule has 0 spiro atoms. The number of fused-ring (bicyclic) bond motifs is 3. The summed E-state index contributed by atoms with van der Waals surface area (Å²) in [5.41, 5.74) is 1.70. The highest BCUT2D eigenvalue weighted by Gasteiger charge is 2.13. The van der Waals surface area contributed by atoms with Crippen LogP contribution < -0.4 is 0 Å². The molecule has 1 aromatic heterocycles. The Morgan fingerprint density at radius 3 is 1.78 bits per heavy atom. The smallest absolute Gasteiger partial charge is 0.228 e. The number of hydrogen-bond donors (Lipinski definition) is 0. The Bertz CT molecular complexity index is 730. The number of halogens is 2. The topological polar surface area (TPSA) is 22.0 Å². The first-order valence-electron chi connectivity index (χ1n) is 5.48. The Labute approximate surface area is 114 Å². The van der Waals surface area contributed by atoms with E-state index in [-0.39, 0.29) is 5.91 Å². The van der Waals surface area contributed by atoms with Crippen LogP contribution in [0.25, 0.3) is 21.8 Å². The molecule has 0 N–H and O–H groups in total. The Hall–Kier alpha value is -1.51. The highest BCUT2D eigenvalue weighted by atomic mass is 35.5. The van der Waals surface area contributed by atoms with Crippen LogP contribution in [0.3, 0.4) is 0 Å². The van der Waals surface area contributed by atoms with Gasteiger partial charge in [-0.05, 0) is 36.4 Å². The summed E-state index contributed by atoms with van der Waals surface area (Å²) < 4.78 is 1.68. The third kappa shape index (κ3) is 1.61. The van der Waals surface area contributed by atoms with Crippen LogP contribution in [0, 0.1) is 0 Å². The Morgan fingerprint density at radius 2 is 1.39 bits per heavy atom. The van der Waals surface area contributed by atoms with Gasteiger partial charge in [0.15, 0.2) is 0 Å². The average molecular weight is 278 g/mol. The molecule has 0 saturated carbocycles. The highest BCUT2D eigenvalue weighted by Crippen LogP contribution is 2.32. The molecule has 0 bridgehead atoms. The van der Waals surface area contributed by atoms with E-state index in [0.29, 0.717) is 10.0 Å². The Balaban J connectivity index is 2.60. The van der Waals surface area contributed by atoms with Crippen molar-refractivity contribution >= 4 is 50.9 Å². The van der Waals surface area contributed by atoms with Gasteiger partial charge in [-0.25, -0.2) is 0 Å². The zero-order chi connectivity index (χ0) is 12.9. The van der Waals surface area contributed by atoms with Gasteiger partial charge in [0, 0.05) is 27.7 Å². The van der Waals surface area contributed by atoms with Gasteiger partial charge >= 0.3 is 0 Å². The summed E-state index contributed by atoms with van der Waals surface area (Å²) in [6, 6.07) is 11.0. The van der Waals surface area contributed by atoms with Gasteiger partial charge in [0.1, 0.15) is 0 Å². The molecule has 0 aliphatic carbocycles. The van der Waals surface area contributed by atoms with E-state index in [9.17, 15) is 4.79 Å². The van der Waals surface area contributed by atoms with Crippen LogP contribution in [0.2, 0.25) is 10.0 Å². The van der Waals surface area contributed by atoms with E-state index >= 15 is 0 Å². The fraction of sp³-hybridized carbons (Fsp3) is 0.0714. The van der Waals surface area contributed by atoms with Gasteiger partial charge in [-0.1, -0.05) is 23.2 Å². The molecule has 4 heteroatoms. The maximum atomic E-state index is 11.8. The first kappa shape index (κ1) is 11.6. The molecule has 0 aliphatic rings. The van der Waals surface area contributed by atoms with Crippen molar-refractivity contribution in [2.45, 2.75) is 6.92 Å². The second-order valence-electron chi connectivity index (χ2n) is 4.18. The maximum absolute atomic E-state index is 11.8. The standard InChI is InChI=1S/C14H9Cl2NO/c1-8(18)17-13-4-2-9(15)6-11(13)12-7-10(16)3-5-14(12)17/h2-7H,1H3. The largest absolute Gasteiger partial charge is 0.280 e. The number of carbonyl (C=O) groups is 1. The summed E-state index contributed by atoms with van der Waals surface area (Å²) >= 11 is 12.0. The number of rotatable bonds is 0. The molecule has 3 aromatic rings. The molecule has 0 atom stereocenters. The van der Waals surface area contributed by atoms with Gasteiger partial charge < -0.3 is 0 Å². The van der Waals surface area contributed by atoms with E-state index in [1.807, 2.05) is 24.3 Å². The highest BCUT2D eigenvalue weighted by molar-refractivity contribution is 6.33. The van der Waals surface area contributed by atoms with Gasteiger partial charge in [0.2, 0.25) is 5.91 Å². The molecular weight excluding hydrogens is 269 g/mol. The van der Waals surface area contributed by atoms with Crippen molar-refractivity contribution in [2.75, 3.05) is 0 Å². The minimum atomic E-state index is -0.0281. The fourth-order valence-corrected chi connectivity index (χ4v) is 2.65. The lowest BCUT2D eigenvalue weighted by atomic mass is 10.1. The molecule has 0 radical (unpaired) electrons. The molecule has 0 aliphatic heterocycles. The van der Waals surface area contributed by atoms with E-state index in [0.717, 1.165) is 21.8 Å². The zero-order valence-electron chi connectivity index (χ0n) is 9.58. The van der Waals surface area contributed by atoms with Crippen LogP contribution in [0.1, 0.15) is 11.7 Å². The summed E-state index contributed by atoms with van der Waals surface area (Å²) in [6.07, 6.45) is 0. The van der Waals surface area contributed by atoms with E-state index in [4.69, 9.17) is 23.2 Å². The van der Waals surface area contributed by atoms with Crippen molar-refractivity contribution in [1.82, 2.24) is 4.57 Å². The average Bonchev–Trinajstić information content (AvgIpc) is 2.62. The minimum Gasteiger partial charge on any atom is -0.280 e. The number of aromatic nitrogens is 1. The van der Waals surface area contributed by atoms with Gasteiger partial charge in [-0.2, -0.15) is 0 Å². The van der Waals surface area contributed by atoms with E-state index in [2.05, 4.69) is 0 Å². The van der Waals surface area contributed by atoms with Crippen LogP contribution in [0.15, 0.2) is 36.4 Å². The van der Waals surface area contributed by atoms with Crippen molar-refractivity contribution in [3.05, 3.63) is 46.4 Å². The molecule has 2 aromatic carbocycles. The zero-order valence-corrected chi connectivity index (χ0v) is 11.1. The quantitative estimate of drug-likeness (QED) is 0.581. The molecule has 18 heavy (non-hydrogen) atoms. The van der Waals surface area contributed by atoms with Gasteiger partial charge in [-0.15, -0.1) is 0 Å². The van der Waals surface area contributed by atoms with Crippen molar-refractivity contribution in [3.63, 3.8) is 0 Å². The minimum absolute atomic E-state index is 0.0281. The lowest BCUT2D eigenvalue weighted by Gasteiger charge is -2.01. The van der Waals surface area contributed by atoms with Crippen molar-refractivity contribution in [2.24, 2.45) is 0 Å². The van der Waals surface area contributed by atoms with Crippen molar-refractivity contribution < 1.29 is 4.79 Å². The predicted octanol–water partition coefficient (Wildman–Crippen LogP) is 4.76.